The van der Waals surface area contributed by atoms with Crippen molar-refractivity contribution in [3.05, 3.63) is 88.2 Å². The van der Waals surface area contributed by atoms with Crippen molar-refractivity contribution < 1.29 is 28.2 Å². The molecular formula is C28H28ClFN2O5. The fourth-order valence-electron chi connectivity index (χ4n) is 4.62. The summed E-state index contributed by atoms with van der Waals surface area (Å²) in [5.74, 6) is -0.307. The number of carbonyl (C=O) groups is 2. The summed E-state index contributed by atoms with van der Waals surface area (Å²) >= 11 is 6.11. The first-order chi connectivity index (χ1) is 17.8. The maximum atomic E-state index is 13.4. The Bertz CT molecular complexity index is 1260. The van der Waals surface area contributed by atoms with Crippen LogP contribution in [0, 0.1) is 11.7 Å². The molecule has 9 heteroatoms. The van der Waals surface area contributed by atoms with Crippen LogP contribution in [-0.4, -0.2) is 51.1 Å². The monoisotopic (exact) mass is 526 g/mol. The lowest BCUT2D eigenvalue weighted by Crippen LogP contribution is -2.35. The Balaban J connectivity index is 1.65. The zero-order valence-electron chi connectivity index (χ0n) is 20.8. The molecule has 0 unspecified atom stereocenters. The minimum absolute atomic E-state index is 0.210. The fourth-order valence-corrected chi connectivity index (χ4v) is 4.81. The number of ether oxygens (including phenoxy) is 3. The summed E-state index contributed by atoms with van der Waals surface area (Å²) in [6.45, 7) is 0.750. The van der Waals surface area contributed by atoms with E-state index in [0.29, 0.717) is 34.4 Å². The molecule has 0 aliphatic carbocycles. The van der Waals surface area contributed by atoms with Crippen molar-refractivity contribution >= 4 is 23.4 Å². The van der Waals surface area contributed by atoms with Crippen LogP contribution in [0.25, 0.3) is 0 Å². The second kappa shape index (κ2) is 11.5. The van der Waals surface area contributed by atoms with E-state index >= 15 is 0 Å². The maximum absolute atomic E-state index is 13.4. The van der Waals surface area contributed by atoms with E-state index in [9.17, 15) is 14.0 Å². The normalized spacial score (nSPS) is 16.8. The van der Waals surface area contributed by atoms with Gasteiger partial charge in [-0.3, -0.25) is 9.59 Å². The highest BCUT2D eigenvalue weighted by atomic mass is 35.5. The van der Waals surface area contributed by atoms with Gasteiger partial charge in [-0.15, -0.1) is 0 Å². The third-order valence-corrected chi connectivity index (χ3v) is 6.75. The molecular weight excluding hydrogens is 499 g/mol. The molecule has 0 bridgehead atoms. The number of carbonyl (C=O) groups excluding carboxylic acids is 2. The van der Waals surface area contributed by atoms with E-state index < -0.39 is 5.92 Å². The molecule has 2 amide bonds. The molecule has 1 aliphatic heterocycles. The van der Waals surface area contributed by atoms with E-state index in [1.165, 1.54) is 33.5 Å². The molecule has 0 spiro atoms. The lowest BCUT2D eigenvalue weighted by atomic mass is 9.87. The standard InChI is InChI=1S/C28H28ClFN2O5/c1-35-24-12-19(13-25(36-2)26(24)37-3)22-15-32(28(34)18-5-4-6-20(29)11-18)16-23(22)27(33)31-14-17-7-9-21(30)10-8-17/h4-13,22-23H,14-16H2,1-3H3,(H,31,33)/t22-,23-/m0/s1. The molecule has 3 aromatic carbocycles. The minimum atomic E-state index is -0.550. The van der Waals surface area contributed by atoms with Crippen molar-refractivity contribution in [3.8, 4) is 17.2 Å². The van der Waals surface area contributed by atoms with Gasteiger partial charge < -0.3 is 24.4 Å². The molecule has 2 atom stereocenters. The van der Waals surface area contributed by atoms with Crippen LogP contribution in [0.1, 0.15) is 27.4 Å². The van der Waals surface area contributed by atoms with Crippen LogP contribution < -0.4 is 19.5 Å². The molecule has 1 N–H and O–H groups in total. The predicted octanol–water partition coefficient (Wildman–Crippen LogP) is 4.68. The lowest BCUT2D eigenvalue weighted by Gasteiger charge is -2.21. The first-order valence-electron chi connectivity index (χ1n) is 11.7. The first kappa shape index (κ1) is 26.3. The number of benzene rings is 3. The van der Waals surface area contributed by atoms with Gasteiger partial charge in [0.15, 0.2) is 11.5 Å². The van der Waals surface area contributed by atoms with Gasteiger partial charge in [-0.2, -0.15) is 0 Å². The molecule has 1 fully saturated rings. The third-order valence-electron chi connectivity index (χ3n) is 6.51. The van der Waals surface area contributed by atoms with E-state index in [0.717, 1.165) is 11.1 Å². The number of nitrogens with zero attached hydrogens (tertiary/aromatic N) is 1. The van der Waals surface area contributed by atoms with E-state index in [-0.39, 0.29) is 36.6 Å². The fraction of sp³-hybridized carbons (Fsp3) is 0.286. The summed E-state index contributed by atoms with van der Waals surface area (Å²) < 4.78 is 29.7. The molecule has 194 valence electrons. The summed E-state index contributed by atoms with van der Waals surface area (Å²) in [5, 5.41) is 3.40. The number of hydrogen-bond donors (Lipinski definition) is 1. The zero-order valence-corrected chi connectivity index (χ0v) is 21.5. The Morgan fingerprint density at radius 1 is 0.973 bits per heavy atom. The minimum Gasteiger partial charge on any atom is -0.493 e. The van der Waals surface area contributed by atoms with Gasteiger partial charge in [-0.05, 0) is 53.6 Å². The van der Waals surface area contributed by atoms with Crippen LogP contribution in [0.4, 0.5) is 4.39 Å². The van der Waals surface area contributed by atoms with Gasteiger partial charge >= 0.3 is 0 Å². The second-order valence-electron chi connectivity index (χ2n) is 8.74. The molecule has 1 saturated heterocycles. The van der Waals surface area contributed by atoms with Gasteiger partial charge in [0.2, 0.25) is 11.7 Å². The number of halogens is 2. The lowest BCUT2D eigenvalue weighted by molar-refractivity contribution is -0.125. The van der Waals surface area contributed by atoms with Crippen molar-refractivity contribution in [3.63, 3.8) is 0 Å². The van der Waals surface area contributed by atoms with E-state index in [1.54, 1.807) is 53.4 Å². The summed E-state index contributed by atoms with van der Waals surface area (Å²) in [4.78, 5) is 28.4. The Morgan fingerprint density at radius 3 is 2.24 bits per heavy atom. The Morgan fingerprint density at radius 2 is 1.65 bits per heavy atom. The molecule has 37 heavy (non-hydrogen) atoms. The summed E-state index contributed by atoms with van der Waals surface area (Å²) in [6, 6.07) is 16.3. The van der Waals surface area contributed by atoms with E-state index in [4.69, 9.17) is 25.8 Å². The Labute approximate surface area is 220 Å². The number of amides is 2. The molecule has 4 rings (SSSR count). The largest absolute Gasteiger partial charge is 0.493 e. The molecule has 7 nitrogen and oxygen atoms in total. The van der Waals surface area contributed by atoms with Gasteiger partial charge in [0.25, 0.3) is 5.91 Å². The Kier molecular flexibility index (Phi) is 8.18. The van der Waals surface area contributed by atoms with E-state index in [1.807, 2.05) is 0 Å². The summed E-state index contributed by atoms with van der Waals surface area (Å²) in [6.07, 6.45) is 0. The highest BCUT2D eigenvalue weighted by Crippen LogP contribution is 2.43. The predicted molar refractivity (Wildman–Crippen MR) is 138 cm³/mol. The van der Waals surface area contributed by atoms with Crippen LogP contribution in [0.15, 0.2) is 60.7 Å². The SMILES string of the molecule is COc1cc([C@@H]2CN(C(=O)c3cccc(Cl)c3)C[C@@H]2C(=O)NCc2ccc(F)cc2)cc(OC)c1OC. The van der Waals surface area contributed by atoms with Crippen LogP contribution >= 0.6 is 11.6 Å². The number of methoxy groups -OCH3 is 3. The van der Waals surface area contributed by atoms with Gasteiger partial charge in [-0.25, -0.2) is 4.39 Å². The van der Waals surface area contributed by atoms with Crippen molar-refractivity contribution in [2.45, 2.75) is 12.5 Å². The van der Waals surface area contributed by atoms with Crippen molar-refractivity contribution in [1.29, 1.82) is 0 Å². The number of rotatable bonds is 8. The second-order valence-corrected chi connectivity index (χ2v) is 9.17. The van der Waals surface area contributed by atoms with Gasteiger partial charge in [0.1, 0.15) is 5.82 Å². The van der Waals surface area contributed by atoms with Crippen LogP contribution in [-0.2, 0) is 11.3 Å². The zero-order chi connectivity index (χ0) is 26.5. The quantitative estimate of drug-likeness (QED) is 0.461. The highest BCUT2D eigenvalue weighted by Gasteiger charge is 2.41. The maximum Gasteiger partial charge on any atom is 0.253 e. The molecule has 0 aromatic heterocycles. The molecule has 1 heterocycles. The van der Waals surface area contributed by atoms with Crippen molar-refractivity contribution in [2.24, 2.45) is 5.92 Å². The highest BCUT2D eigenvalue weighted by molar-refractivity contribution is 6.31. The van der Waals surface area contributed by atoms with E-state index in [2.05, 4.69) is 5.32 Å². The summed E-state index contributed by atoms with van der Waals surface area (Å²) in [5.41, 5.74) is 1.99. The van der Waals surface area contributed by atoms with Crippen LogP contribution in [0.3, 0.4) is 0 Å². The first-order valence-corrected chi connectivity index (χ1v) is 12.1. The topological polar surface area (TPSA) is 77.1 Å². The average Bonchev–Trinajstić information content (AvgIpc) is 3.37. The number of nitrogens with one attached hydrogen (secondary N) is 1. The van der Waals surface area contributed by atoms with Gasteiger partial charge in [-0.1, -0.05) is 29.8 Å². The van der Waals surface area contributed by atoms with Crippen molar-refractivity contribution in [1.82, 2.24) is 10.2 Å². The number of hydrogen-bond acceptors (Lipinski definition) is 5. The van der Waals surface area contributed by atoms with Gasteiger partial charge in [0.05, 0.1) is 27.2 Å². The number of likely N-dealkylation sites (tertiary alicyclic amines) is 1. The molecule has 0 radical (unpaired) electrons. The van der Waals surface area contributed by atoms with Crippen molar-refractivity contribution in [2.75, 3.05) is 34.4 Å². The van der Waals surface area contributed by atoms with Crippen LogP contribution in [0.5, 0.6) is 17.2 Å². The molecule has 1 aliphatic rings. The Hall–Kier alpha value is -3.78. The third kappa shape index (κ3) is 5.80. The molecule has 3 aromatic rings. The average molecular weight is 527 g/mol. The summed E-state index contributed by atoms with van der Waals surface area (Å²) in [7, 11) is 4.57. The molecule has 0 saturated carbocycles. The van der Waals surface area contributed by atoms with Crippen LogP contribution in [0.2, 0.25) is 5.02 Å². The van der Waals surface area contributed by atoms with Gasteiger partial charge in [0, 0.05) is 36.1 Å². The smallest absolute Gasteiger partial charge is 0.253 e.